The molecule has 23 heavy (non-hydrogen) atoms. The van der Waals surface area contributed by atoms with Crippen molar-refractivity contribution in [1.29, 1.82) is 0 Å². The van der Waals surface area contributed by atoms with E-state index in [0.29, 0.717) is 31.3 Å². The Bertz CT molecular complexity index is 576. The van der Waals surface area contributed by atoms with Gasteiger partial charge in [-0.1, -0.05) is 38.1 Å². The maximum absolute atomic E-state index is 12.2. The van der Waals surface area contributed by atoms with E-state index < -0.39 is 0 Å². The van der Waals surface area contributed by atoms with E-state index >= 15 is 0 Å². The van der Waals surface area contributed by atoms with Crippen molar-refractivity contribution >= 4 is 11.8 Å². The van der Waals surface area contributed by atoms with Crippen LogP contribution < -0.4 is 5.32 Å². The van der Waals surface area contributed by atoms with Gasteiger partial charge in [0.05, 0.1) is 0 Å². The Kier molecular flexibility index (Phi) is 4.69. The van der Waals surface area contributed by atoms with Crippen LogP contribution in [0.1, 0.15) is 63.0 Å². The predicted octanol–water partition coefficient (Wildman–Crippen LogP) is 2.97. The van der Waals surface area contributed by atoms with Gasteiger partial charge in [-0.15, -0.1) is 0 Å². The summed E-state index contributed by atoms with van der Waals surface area (Å²) in [6, 6.07) is 8.90. The molecule has 1 saturated carbocycles. The van der Waals surface area contributed by atoms with Crippen molar-refractivity contribution in [3.63, 3.8) is 0 Å². The standard InChI is InChI=1S/C19H26N2O2/c1-13(2)15-5-3-14(4-6-15)12-21-17(9-10-19(21)23)11-18(22)20-16-7-8-16/h3-6,13,16-17H,7-12H2,1-2H3,(H,20,22). The second kappa shape index (κ2) is 6.73. The number of carbonyl (C=O) groups is 2. The highest BCUT2D eigenvalue weighted by Gasteiger charge is 2.33. The van der Waals surface area contributed by atoms with Crippen LogP contribution in [0.5, 0.6) is 0 Å². The second-order valence-corrected chi connectivity index (χ2v) is 7.16. The average molecular weight is 314 g/mol. The molecule has 1 N–H and O–H groups in total. The molecule has 0 bridgehead atoms. The lowest BCUT2D eigenvalue weighted by atomic mass is 10.0. The number of benzene rings is 1. The van der Waals surface area contributed by atoms with E-state index in [-0.39, 0.29) is 17.9 Å². The maximum Gasteiger partial charge on any atom is 0.223 e. The minimum absolute atomic E-state index is 0.0472. The van der Waals surface area contributed by atoms with E-state index in [1.54, 1.807) is 0 Å². The van der Waals surface area contributed by atoms with Crippen molar-refractivity contribution in [3.8, 4) is 0 Å². The number of nitrogens with zero attached hydrogens (tertiary/aromatic N) is 1. The first-order valence-corrected chi connectivity index (χ1v) is 8.70. The zero-order valence-electron chi connectivity index (χ0n) is 14.0. The molecule has 1 aromatic rings. The van der Waals surface area contributed by atoms with Crippen molar-refractivity contribution in [2.24, 2.45) is 0 Å². The zero-order chi connectivity index (χ0) is 16.4. The topological polar surface area (TPSA) is 49.4 Å². The quantitative estimate of drug-likeness (QED) is 0.877. The van der Waals surface area contributed by atoms with Gasteiger partial charge in [-0.05, 0) is 36.3 Å². The van der Waals surface area contributed by atoms with Crippen molar-refractivity contribution < 1.29 is 9.59 Å². The van der Waals surface area contributed by atoms with Crippen molar-refractivity contribution in [2.75, 3.05) is 0 Å². The normalized spacial score (nSPS) is 21.1. The molecule has 1 heterocycles. The molecule has 2 aliphatic rings. The summed E-state index contributed by atoms with van der Waals surface area (Å²) in [5.41, 5.74) is 2.44. The summed E-state index contributed by atoms with van der Waals surface area (Å²) >= 11 is 0. The number of rotatable bonds is 6. The zero-order valence-corrected chi connectivity index (χ0v) is 14.0. The molecular formula is C19H26N2O2. The van der Waals surface area contributed by atoms with Crippen molar-refractivity contribution in [1.82, 2.24) is 10.2 Å². The van der Waals surface area contributed by atoms with E-state index in [9.17, 15) is 9.59 Å². The van der Waals surface area contributed by atoms with E-state index in [4.69, 9.17) is 0 Å². The number of likely N-dealkylation sites (tertiary alicyclic amines) is 1. The van der Waals surface area contributed by atoms with Gasteiger partial charge in [-0.2, -0.15) is 0 Å². The number of hydrogen-bond donors (Lipinski definition) is 1. The second-order valence-electron chi connectivity index (χ2n) is 7.16. The molecule has 0 spiro atoms. The largest absolute Gasteiger partial charge is 0.353 e. The minimum Gasteiger partial charge on any atom is -0.353 e. The number of amides is 2. The molecule has 124 valence electrons. The minimum atomic E-state index is 0.0472. The lowest BCUT2D eigenvalue weighted by Gasteiger charge is -2.25. The number of hydrogen-bond acceptors (Lipinski definition) is 2. The van der Waals surface area contributed by atoms with E-state index in [0.717, 1.165) is 24.8 Å². The SMILES string of the molecule is CC(C)c1ccc(CN2C(=O)CCC2CC(=O)NC2CC2)cc1. The summed E-state index contributed by atoms with van der Waals surface area (Å²) in [7, 11) is 0. The molecule has 4 nitrogen and oxygen atoms in total. The molecule has 0 aromatic heterocycles. The van der Waals surface area contributed by atoms with Crippen LogP contribution in [0.4, 0.5) is 0 Å². The van der Waals surface area contributed by atoms with Gasteiger partial charge < -0.3 is 10.2 Å². The Labute approximate surface area is 138 Å². The molecule has 1 unspecified atom stereocenters. The molecular weight excluding hydrogens is 288 g/mol. The maximum atomic E-state index is 12.2. The van der Waals surface area contributed by atoms with Crippen LogP contribution in [0.25, 0.3) is 0 Å². The third-order valence-electron chi connectivity index (χ3n) is 4.82. The number of nitrogens with one attached hydrogen (secondary N) is 1. The Morgan fingerprint density at radius 2 is 1.91 bits per heavy atom. The predicted molar refractivity (Wildman–Crippen MR) is 89.9 cm³/mol. The van der Waals surface area contributed by atoms with Crippen LogP contribution in [-0.4, -0.2) is 28.8 Å². The Morgan fingerprint density at radius 1 is 1.22 bits per heavy atom. The summed E-state index contributed by atoms with van der Waals surface area (Å²) < 4.78 is 0. The summed E-state index contributed by atoms with van der Waals surface area (Å²) in [6.07, 6.45) is 3.99. The van der Waals surface area contributed by atoms with Crippen LogP contribution in [0.15, 0.2) is 24.3 Å². The van der Waals surface area contributed by atoms with Gasteiger partial charge in [-0.3, -0.25) is 9.59 Å². The summed E-state index contributed by atoms with van der Waals surface area (Å²) in [5, 5.41) is 3.02. The fraction of sp³-hybridized carbons (Fsp3) is 0.579. The van der Waals surface area contributed by atoms with E-state index in [1.165, 1.54) is 5.56 Å². The lowest BCUT2D eigenvalue weighted by molar-refractivity contribution is -0.130. The summed E-state index contributed by atoms with van der Waals surface area (Å²) in [4.78, 5) is 26.1. The number of carbonyl (C=O) groups excluding carboxylic acids is 2. The molecule has 4 heteroatoms. The molecule has 1 atom stereocenters. The highest BCUT2D eigenvalue weighted by Crippen LogP contribution is 2.25. The summed E-state index contributed by atoms with van der Waals surface area (Å²) in [6.45, 7) is 4.96. The molecule has 0 radical (unpaired) electrons. The molecule has 1 aliphatic carbocycles. The Morgan fingerprint density at radius 3 is 2.52 bits per heavy atom. The van der Waals surface area contributed by atoms with Gasteiger partial charge in [-0.25, -0.2) is 0 Å². The van der Waals surface area contributed by atoms with Crippen LogP contribution >= 0.6 is 0 Å². The molecule has 1 aromatic carbocycles. The van der Waals surface area contributed by atoms with Crippen LogP contribution in [0.2, 0.25) is 0 Å². The summed E-state index contributed by atoms with van der Waals surface area (Å²) in [5.74, 6) is 0.769. The first-order chi connectivity index (χ1) is 11.0. The highest BCUT2D eigenvalue weighted by atomic mass is 16.2. The first kappa shape index (κ1) is 16.0. The average Bonchev–Trinajstić information content (AvgIpc) is 3.27. The Balaban J connectivity index is 1.61. The molecule has 1 saturated heterocycles. The fourth-order valence-electron chi connectivity index (χ4n) is 3.16. The van der Waals surface area contributed by atoms with Crippen LogP contribution in [0.3, 0.4) is 0 Å². The van der Waals surface area contributed by atoms with Crippen molar-refractivity contribution in [3.05, 3.63) is 35.4 Å². The van der Waals surface area contributed by atoms with Gasteiger partial charge in [0, 0.05) is 31.5 Å². The van der Waals surface area contributed by atoms with E-state index in [2.05, 4.69) is 43.4 Å². The lowest BCUT2D eigenvalue weighted by Crippen LogP contribution is -2.37. The molecule has 2 amide bonds. The highest BCUT2D eigenvalue weighted by molar-refractivity contribution is 5.82. The van der Waals surface area contributed by atoms with E-state index in [1.807, 2.05) is 4.90 Å². The van der Waals surface area contributed by atoms with Gasteiger partial charge >= 0.3 is 0 Å². The van der Waals surface area contributed by atoms with Gasteiger partial charge in [0.1, 0.15) is 0 Å². The van der Waals surface area contributed by atoms with Gasteiger partial charge in [0.25, 0.3) is 0 Å². The smallest absolute Gasteiger partial charge is 0.223 e. The van der Waals surface area contributed by atoms with Gasteiger partial charge in [0.15, 0.2) is 0 Å². The third kappa shape index (κ3) is 4.12. The molecule has 1 aliphatic heterocycles. The molecule has 3 rings (SSSR count). The van der Waals surface area contributed by atoms with Gasteiger partial charge in [0.2, 0.25) is 11.8 Å². The monoisotopic (exact) mass is 314 g/mol. The first-order valence-electron chi connectivity index (χ1n) is 8.70. The fourth-order valence-corrected chi connectivity index (χ4v) is 3.16. The van der Waals surface area contributed by atoms with Crippen LogP contribution in [-0.2, 0) is 16.1 Å². The van der Waals surface area contributed by atoms with Crippen molar-refractivity contribution in [2.45, 2.75) is 70.5 Å². The molecule has 2 fully saturated rings. The Hall–Kier alpha value is -1.84. The third-order valence-corrected chi connectivity index (χ3v) is 4.82. The van der Waals surface area contributed by atoms with Crippen LogP contribution in [0, 0.1) is 0 Å².